The molecule has 2 aliphatic rings. The quantitative estimate of drug-likeness (QED) is 0.541. The maximum absolute atomic E-state index is 13.1. The first kappa shape index (κ1) is 23.3. The summed E-state index contributed by atoms with van der Waals surface area (Å²) in [6, 6.07) is 8.70. The second-order valence-electron chi connectivity index (χ2n) is 8.14. The molecule has 1 unspecified atom stereocenters. The summed E-state index contributed by atoms with van der Waals surface area (Å²) in [5.74, 6) is -0.240. The minimum Gasteiger partial charge on any atom is -0.364 e. The van der Waals surface area contributed by atoms with E-state index in [0.717, 1.165) is 37.5 Å². The Morgan fingerprint density at radius 1 is 1.09 bits per heavy atom. The number of sulfonamides is 1. The summed E-state index contributed by atoms with van der Waals surface area (Å²) in [5.41, 5.74) is 1.16. The molecule has 0 saturated heterocycles. The molecule has 1 heterocycles. The minimum absolute atomic E-state index is 0.132. The van der Waals surface area contributed by atoms with Crippen molar-refractivity contribution in [2.45, 2.75) is 49.3 Å². The minimum atomic E-state index is -4.59. The van der Waals surface area contributed by atoms with Crippen LogP contribution in [-0.2, 0) is 16.2 Å². The molecular formula is C23H24F3N3O3S. The van der Waals surface area contributed by atoms with Crippen molar-refractivity contribution in [3.05, 3.63) is 70.8 Å². The van der Waals surface area contributed by atoms with E-state index in [1.807, 2.05) is 0 Å². The number of nitrogens with one attached hydrogen (secondary N) is 3. The van der Waals surface area contributed by atoms with Crippen molar-refractivity contribution in [2.24, 2.45) is 0 Å². The molecule has 1 atom stereocenters. The number of allylic oxidation sites excluding steroid dienone is 1. The van der Waals surface area contributed by atoms with Gasteiger partial charge in [-0.25, -0.2) is 8.42 Å². The van der Waals surface area contributed by atoms with Gasteiger partial charge < -0.3 is 10.6 Å². The van der Waals surface area contributed by atoms with Crippen LogP contribution in [0, 0.1) is 0 Å². The standard InChI is InChI=1S/C23H24F3N3O3S/c24-23(25,26)18-10-11-20-19(14-18)28-21(29-33(20,31)32)16-6-8-17(9-7-16)22(30)27-13-12-15-4-2-1-3-5-15/h4,6-11,14,21,28-29H,1-3,5,12-13H2,(H,27,30). The van der Waals surface area contributed by atoms with Gasteiger partial charge in [0, 0.05) is 12.1 Å². The monoisotopic (exact) mass is 479 g/mol. The maximum Gasteiger partial charge on any atom is 0.416 e. The lowest BCUT2D eigenvalue weighted by Gasteiger charge is -2.29. The predicted octanol–water partition coefficient (Wildman–Crippen LogP) is 4.73. The number of amides is 1. The smallest absolute Gasteiger partial charge is 0.364 e. The molecular weight excluding hydrogens is 455 g/mol. The van der Waals surface area contributed by atoms with E-state index in [4.69, 9.17) is 0 Å². The van der Waals surface area contributed by atoms with Crippen LogP contribution in [0.5, 0.6) is 0 Å². The third-order valence-electron chi connectivity index (χ3n) is 5.79. The van der Waals surface area contributed by atoms with Gasteiger partial charge in [0.15, 0.2) is 0 Å². The number of halogens is 3. The van der Waals surface area contributed by atoms with Crippen molar-refractivity contribution in [1.29, 1.82) is 0 Å². The average molecular weight is 480 g/mol. The molecule has 0 aromatic heterocycles. The van der Waals surface area contributed by atoms with Gasteiger partial charge in [-0.05, 0) is 68.0 Å². The van der Waals surface area contributed by atoms with Gasteiger partial charge in [-0.1, -0.05) is 23.8 Å². The van der Waals surface area contributed by atoms with Gasteiger partial charge in [-0.3, -0.25) is 4.79 Å². The fraction of sp³-hybridized carbons (Fsp3) is 0.348. The molecule has 0 saturated carbocycles. The van der Waals surface area contributed by atoms with Crippen molar-refractivity contribution in [3.63, 3.8) is 0 Å². The second kappa shape index (κ2) is 9.18. The van der Waals surface area contributed by atoms with E-state index >= 15 is 0 Å². The Morgan fingerprint density at radius 2 is 1.85 bits per heavy atom. The molecule has 33 heavy (non-hydrogen) atoms. The Balaban J connectivity index is 1.44. The van der Waals surface area contributed by atoms with Crippen LogP contribution < -0.4 is 15.4 Å². The Morgan fingerprint density at radius 3 is 2.52 bits per heavy atom. The first-order chi connectivity index (χ1) is 15.6. The zero-order valence-electron chi connectivity index (χ0n) is 17.7. The molecule has 1 aliphatic heterocycles. The molecule has 0 spiro atoms. The lowest BCUT2D eigenvalue weighted by Crippen LogP contribution is -2.38. The average Bonchev–Trinajstić information content (AvgIpc) is 2.78. The Kier molecular flexibility index (Phi) is 6.49. The molecule has 0 radical (unpaired) electrons. The summed E-state index contributed by atoms with van der Waals surface area (Å²) in [7, 11) is -4.02. The SMILES string of the molecule is O=C(NCCC1=CCCCC1)c1ccc(C2Nc3cc(C(F)(F)F)ccc3S(=O)(=O)N2)cc1. The van der Waals surface area contributed by atoms with E-state index < -0.39 is 27.9 Å². The van der Waals surface area contributed by atoms with Gasteiger partial charge >= 0.3 is 6.18 Å². The topological polar surface area (TPSA) is 87.3 Å². The van der Waals surface area contributed by atoms with E-state index in [1.54, 1.807) is 24.3 Å². The van der Waals surface area contributed by atoms with E-state index in [0.29, 0.717) is 17.7 Å². The first-order valence-electron chi connectivity index (χ1n) is 10.7. The molecule has 4 rings (SSSR count). The van der Waals surface area contributed by atoms with E-state index in [-0.39, 0.29) is 16.5 Å². The number of hydrogen-bond donors (Lipinski definition) is 3. The fourth-order valence-electron chi connectivity index (χ4n) is 4.01. The summed E-state index contributed by atoms with van der Waals surface area (Å²) in [4.78, 5) is 12.2. The lowest BCUT2D eigenvalue weighted by atomic mass is 9.97. The van der Waals surface area contributed by atoms with Gasteiger partial charge in [0.05, 0.1) is 11.3 Å². The summed E-state index contributed by atoms with van der Waals surface area (Å²) in [6.45, 7) is 0.536. The zero-order chi connectivity index (χ0) is 23.6. The van der Waals surface area contributed by atoms with Crippen molar-refractivity contribution >= 4 is 21.6 Å². The van der Waals surface area contributed by atoms with E-state index in [9.17, 15) is 26.4 Å². The molecule has 2 aromatic rings. The van der Waals surface area contributed by atoms with Crippen LogP contribution in [0.4, 0.5) is 18.9 Å². The number of hydrogen-bond acceptors (Lipinski definition) is 4. The summed E-state index contributed by atoms with van der Waals surface area (Å²) < 4.78 is 66.7. The summed E-state index contributed by atoms with van der Waals surface area (Å²) >= 11 is 0. The third-order valence-corrected chi connectivity index (χ3v) is 7.27. The van der Waals surface area contributed by atoms with Crippen molar-refractivity contribution < 1.29 is 26.4 Å². The fourth-order valence-corrected chi connectivity index (χ4v) is 5.29. The molecule has 3 N–H and O–H groups in total. The highest BCUT2D eigenvalue weighted by Gasteiger charge is 2.35. The van der Waals surface area contributed by atoms with Crippen LogP contribution in [0.1, 0.15) is 59.8 Å². The van der Waals surface area contributed by atoms with Gasteiger partial charge in [-0.15, -0.1) is 0 Å². The van der Waals surface area contributed by atoms with Crippen molar-refractivity contribution in [1.82, 2.24) is 10.0 Å². The molecule has 1 amide bonds. The molecule has 6 nitrogen and oxygen atoms in total. The predicted molar refractivity (Wildman–Crippen MR) is 118 cm³/mol. The molecule has 176 valence electrons. The number of alkyl halides is 3. The lowest BCUT2D eigenvalue weighted by molar-refractivity contribution is -0.137. The highest BCUT2D eigenvalue weighted by atomic mass is 32.2. The van der Waals surface area contributed by atoms with Crippen LogP contribution in [0.3, 0.4) is 0 Å². The maximum atomic E-state index is 13.1. The number of carbonyl (C=O) groups excluding carboxylic acids is 1. The molecule has 0 fully saturated rings. The van der Waals surface area contributed by atoms with Gasteiger partial charge in [0.25, 0.3) is 5.91 Å². The molecule has 0 bridgehead atoms. The molecule has 2 aromatic carbocycles. The Bertz CT molecular complexity index is 1180. The number of anilines is 1. The van der Waals surface area contributed by atoms with Crippen LogP contribution in [0.15, 0.2) is 59.0 Å². The largest absolute Gasteiger partial charge is 0.416 e. The van der Waals surface area contributed by atoms with Gasteiger partial charge in [0.1, 0.15) is 11.1 Å². The van der Waals surface area contributed by atoms with Gasteiger partial charge in [0.2, 0.25) is 10.0 Å². The van der Waals surface area contributed by atoms with Gasteiger partial charge in [-0.2, -0.15) is 17.9 Å². The number of carbonyl (C=O) groups is 1. The van der Waals surface area contributed by atoms with Crippen molar-refractivity contribution in [2.75, 3.05) is 11.9 Å². The number of fused-ring (bicyclic) bond motifs is 1. The van der Waals surface area contributed by atoms with Crippen LogP contribution >= 0.6 is 0 Å². The van der Waals surface area contributed by atoms with Crippen LogP contribution in [-0.4, -0.2) is 20.9 Å². The molecule has 1 aliphatic carbocycles. The summed E-state index contributed by atoms with van der Waals surface area (Å²) in [6.07, 6.45) is 2.04. The Hall–Kier alpha value is -2.85. The first-order valence-corrected chi connectivity index (χ1v) is 12.2. The van der Waals surface area contributed by atoms with Crippen molar-refractivity contribution in [3.8, 4) is 0 Å². The van der Waals surface area contributed by atoms with E-state index in [2.05, 4.69) is 21.4 Å². The van der Waals surface area contributed by atoms with Crippen LogP contribution in [0.25, 0.3) is 0 Å². The zero-order valence-corrected chi connectivity index (χ0v) is 18.5. The Labute approximate surface area is 190 Å². The van der Waals surface area contributed by atoms with Crippen LogP contribution in [0.2, 0.25) is 0 Å². The highest BCUT2D eigenvalue weighted by molar-refractivity contribution is 7.89. The highest BCUT2D eigenvalue weighted by Crippen LogP contribution is 2.37. The van der Waals surface area contributed by atoms with E-state index in [1.165, 1.54) is 18.4 Å². The second-order valence-corrected chi connectivity index (χ2v) is 9.83. The number of rotatable bonds is 5. The molecule has 10 heteroatoms. The number of benzene rings is 2. The summed E-state index contributed by atoms with van der Waals surface area (Å²) in [5, 5.41) is 5.68. The third kappa shape index (κ3) is 5.39. The normalized spacial score (nSPS) is 19.7.